The Kier molecular flexibility index (Phi) is 8.61. The molecule has 1 amide bonds. The highest BCUT2D eigenvalue weighted by molar-refractivity contribution is 5.89. The highest BCUT2D eigenvalue weighted by atomic mass is 16.7. The number of hydrogen-bond donors (Lipinski definition) is 1. The zero-order valence-electron chi connectivity index (χ0n) is 15.7. The van der Waals surface area contributed by atoms with Gasteiger partial charge in [0.15, 0.2) is 0 Å². The molecule has 3 atom stereocenters. The molecule has 0 aliphatic heterocycles. The fourth-order valence-corrected chi connectivity index (χ4v) is 2.78. The van der Waals surface area contributed by atoms with Gasteiger partial charge >= 0.3 is 11.9 Å². The van der Waals surface area contributed by atoms with Crippen LogP contribution < -0.4 is 5.32 Å². The van der Waals surface area contributed by atoms with E-state index in [9.17, 15) is 14.4 Å². The number of ether oxygens (including phenoxy) is 3. The molecule has 0 saturated carbocycles. The summed E-state index contributed by atoms with van der Waals surface area (Å²) in [6.07, 6.45) is 3.14. The zero-order chi connectivity index (χ0) is 19.0. The van der Waals surface area contributed by atoms with Crippen LogP contribution in [0.4, 0.5) is 0 Å². The summed E-state index contributed by atoms with van der Waals surface area (Å²) in [5.74, 6) is -1.18. The molecule has 0 bridgehead atoms. The third-order valence-corrected chi connectivity index (χ3v) is 4.00. The van der Waals surface area contributed by atoms with E-state index < -0.39 is 24.3 Å². The molecule has 25 heavy (non-hydrogen) atoms. The molecular weight excluding hydrogens is 326 g/mol. The van der Waals surface area contributed by atoms with E-state index in [4.69, 9.17) is 14.2 Å². The van der Waals surface area contributed by atoms with Gasteiger partial charge in [-0.3, -0.25) is 9.59 Å². The van der Waals surface area contributed by atoms with Crippen molar-refractivity contribution in [1.82, 2.24) is 5.32 Å². The molecule has 1 unspecified atom stereocenters. The summed E-state index contributed by atoms with van der Waals surface area (Å²) in [4.78, 5) is 34.6. The van der Waals surface area contributed by atoms with E-state index in [2.05, 4.69) is 5.32 Å². The lowest BCUT2D eigenvalue weighted by atomic mass is 9.92. The number of rotatable bonds is 8. The molecule has 1 aliphatic carbocycles. The Morgan fingerprint density at radius 3 is 2.36 bits per heavy atom. The Hall–Kier alpha value is -1.89. The first-order valence-electron chi connectivity index (χ1n) is 8.78. The lowest BCUT2D eigenvalue weighted by Crippen LogP contribution is -2.46. The topological polar surface area (TPSA) is 90.9 Å². The number of carbonyl (C=O) groups excluding carboxylic acids is 3. The van der Waals surface area contributed by atoms with Crippen molar-refractivity contribution < 1.29 is 28.6 Å². The summed E-state index contributed by atoms with van der Waals surface area (Å²) in [7, 11) is 0. The highest BCUT2D eigenvalue weighted by Crippen LogP contribution is 2.24. The van der Waals surface area contributed by atoms with Gasteiger partial charge in [-0.15, -0.1) is 0 Å². The first kappa shape index (κ1) is 21.2. The zero-order valence-corrected chi connectivity index (χ0v) is 15.7. The standard InChI is InChI=1S/C18H29NO6/c1-6-15(7-2)25-17-10-14(8-9-16(17)19-11(3)20)18(22)24-13(5)23-12(4)21/h10,13,15-17H,6-9H2,1-5H3,(H,19,20)/t13?,16-,17-/m1/s1. The van der Waals surface area contributed by atoms with Gasteiger partial charge in [0.2, 0.25) is 12.2 Å². The van der Waals surface area contributed by atoms with Crippen LogP contribution in [0.5, 0.6) is 0 Å². The Morgan fingerprint density at radius 2 is 1.84 bits per heavy atom. The van der Waals surface area contributed by atoms with Gasteiger partial charge in [0.25, 0.3) is 0 Å². The van der Waals surface area contributed by atoms with Crippen LogP contribution in [0.3, 0.4) is 0 Å². The normalized spacial score (nSPS) is 21.3. The van der Waals surface area contributed by atoms with Gasteiger partial charge in [-0.05, 0) is 31.8 Å². The van der Waals surface area contributed by atoms with Crippen molar-refractivity contribution in [3.05, 3.63) is 11.6 Å². The van der Waals surface area contributed by atoms with Crippen LogP contribution >= 0.6 is 0 Å². The summed E-state index contributed by atoms with van der Waals surface area (Å²) in [5, 5.41) is 2.88. The molecule has 0 spiro atoms. The molecule has 1 N–H and O–H groups in total. The molecule has 0 heterocycles. The second-order valence-electron chi connectivity index (χ2n) is 6.16. The molecule has 0 aromatic carbocycles. The second-order valence-corrected chi connectivity index (χ2v) is 6.16. The monoisotopic (exact) mass is 355 g/mol. The minimum atomic E-state index is -0.947. The van der Waals surface area contributed by atoms with E-state index in [-0.39, 0.29) is 18.1 Å². The maximum atomic E-state index is 12.3. The van der Waals surface area contributed by atoms with E-state index in [0.717, 1.165) is 12.8 Å². The largest absolute Gasteiger partial charge is 0.426 e. The molecule has 0 aromatic rings. The number of nitrogens with one attached hydrogen (secondary N) is 1. The molecule has 1 rings (SSSR count). The predicted octanol–water partition coefficient (Wildman–Crippen LogP) is 2.24. The highest BCUT2D eigenvalue weighted by Gasteiger charge is 2.31. The Bertz CT molecular complexity index is 512. The van der Waals surface area contributed by atoms with Gasteiger partial charge in [-0.2, -0.15) is 0 Å². The lowest BCUT2D eigenvalue weighted by molar-refractivity contribution is -0.180. The Balaban J connectivity index is 2.85. The minimum Gasteiger partial charge on any atom is -0.426 e. The molecule has 7 heteroatoms. The smallest absolute Gasteiger partial charge is 0.336 e. The van der Waals surface area contributed by atoms with Gasteiger partial charge in [0.05, 0.1) is 18.2 Å². The average Bonchev–Trinajstić information content (AvgIpc) is 2.52. The number of esters is 2. The fraction of sp³-hybridized carbons (Fsp3) is 0.722. The Labute approximate surface area is 149 Å². The van der Waals surface area contributed by atoms with Crippen LogP contribution in [0, 0.1) is 0 Å². The summed E-state index contributed by atoms with van der Waals surface area (Å²) in [6.45, 7) is 8.26. The Morgan fingerprint density at radius 1 is 1.20 bits per heavy atom. The predicted molar refractivity (Wildman–Crippen MR) is 91.5 cm³/mol. The van der Waals surface area contributed by atoms with E-state index in [1.54, 1.807) is 6.08 Å². The third-order valence-electron chi connectivity index (χ3n) is 4.00. The van der Waals surface area contributed by atoms with Crippen LogP contribution in [0.15, 0.2) is 11.6 Å². The quantitative estimate of drug-likeness (QED) is 0.530. The van der Waals surface area contributed by atoms with Crippen molar-refractivity contribution in [2.75, 3.05) is 0 Å². The number of amides is 1. The number of carbonyl (C=O) groups is 3. The maximum absolute atomic E-state index is 12.3. The molecule has 0 fully saturated rings. The second kappa shape index (κ2) is 10.2. The summed E-state index contributed by atoms with van der Waals surface area (Å²) < 4.78 is 16.0. The van der Waals surface area contributed by atoms with E-state index in [1.807, 2.05) is 13.8 Å². The van der Waals surface area contributed by atoms with Gasteiger partial charge in [-0.1, -0.05) is 13.8 Å². The van der Waals surface area contributed by atoms with Gasteiger partial charge < -0.3 is 19.5 Å². The van der Waals surface area contributed by atoms with E-state index >= 15 is 0 Å². The summed E-state index contributed by atoms with van der Waals surface area (Å²) >= 11 is 0. The van der Waals surface area contributed by atoms with Crippen molar-refractivity contribution in [2.45, 2.75) is 84.8 Å². The van der Waals surface area contributed by atoms with Crippen molar-refractivity contribution in [3.8, 4) is 0 Å². The summed E-state index contributed by atoms with van der Waals surface area (Å²) in [6, 6.07) is -0.180. The molecule has 0 radical (unpaired) electrons. The van der Waals surface area contributed by atoms with Crippen molar-refractivity contribution in [2.24, 2.45) is 0 Å². The molecule has 0 aromatic heterocycles. The van der Waals surface area contributed by atoms with Crippen molar-refractivity contribution in [1.29, 1.82) is 0 Å². The first-order chi connectivity index (χ1) is 11.8. The maximum Gasteiger partial charge on any atom is 0.336 e. The van der Waals surface area contributed by atoms with Gasteiger partial charge in [-0.25, -0.2) is 4.79 Å². The van der Waals surface area contributed by atoms with Crippen LogP contribution in [-0.2, 0) is 28.6 Å². The molecule has 142 valence electrons. The van der Waals surface area contributed by atoms with Crippen LogP contribution in [-0.4, -0.2) is 42.4 Å². The van der Waals surface area contributed by atoms with Crippen molar-refractivity contribution in [3.63, 3.8) is 0 Å². The van der Waals surface area contributed by atoms with Crippen molar-refractivity contribution >= 4 is 17.8 Å². The number of hydrogen-bond acceptors (Lipinski definition) is 6. The summed E-state index contributed by atoms with van der Waals surface area (Å²) in [5.41, 5.74) is 0.469. The van der Waals surface area contributed by atoms with Crippen LogP contribution in [0.1, 0.15) is 60.3 Å². The van der Waals surface area contributed by atoms with E-state index in [0.29, 0.717) is 18.4 Å². The molecule has 0 saturated heterocycles. The minimum absolute atomic E-state index is 0.0489. The van der Waals surface area contributed by atoms with Gasteiger partial charge in [0, 0.05) is 26.3 Å². The lowest BCUT2D eigenvalue weighted by Gasteiger charge is -2.32. The van der Waals surface area contributed by atoms with Crippen LogP contribution in [0.25, 0.3) is 0 Å². The van der Waals surface area contributed by atoms with Gasteiger partial charge in [0.1, 0.15) is 0 Å². The SMILES string of the molecule is CCC(CC)O[C@@H]1C=C(C(=O)OC(C)OC(C)=O)CC[C@H]1NC(C)=O. The van der Waals surface area contributed by atoms with E-state index in [1.165, 1.54) is 20.8 Å². The van der Waals surface area contributed by atoms with Crippen LogP contribution in [0.2, 0.25) is 0 Å². The molecule has 1 aliphatic rings. The fourth-order valence-electron chi connectivity index (χ4n) is 2.78. The molecular formula is C18H29NO6. The molecule has 7 nitrogen and oxygen atoms in total. The first-order valence-corrected chi connectivity index (χ1v) is 8.78. The average molecular weight is 355 g/mol. The third kappa shape index (κ3) is 7.25.